The van der Waals surface area contributed by atoms with Gasteiger partial charge in [-0.2, -0.15) is 0 Å². The molecule has 102 valence electrons. The Hall–Kier alpha value is -1.26. The van der Waals surface area contributed by atoms with Crippen molar-refractivity contribution >= 4 is 0 Å². The van der Waals surface area contributed by atoms with Gasteiger partial charge in [0, 0.05) is 13.1 Å². The Kier molecular flexibility index (Phi) is 5.95. The van der Waals surface area contributed by atoms with Crippen molar-refractivity contribution in [3.63, 3.8) is 0 Å². The lowest BCUT2D eigenvalue weighted by atomic mass is 10.2. The number of hydrogen-bond acceptors (Lipinski definition) is 4. The van der Waals surface area contributed by atoms with Crippen LogP contribution in [-0.2, 0) is 6.54 Å². The maximum Gasteiger partial charge on any atom is 0.161 e. The van der Waals surface area contributed by atoms with Crippen LogP contribution < -0.4 is 14.8 Å². The monoisotopic (exact) mass is 253 g/mol. The van der Waals surface area contributed by atoms with Gasteiger partial charge in [-0.1, -0.05) is 6.07 Å². The van der Waals surface area contributed by atoms with Crippen LogP contribution in [0.25, 0.3) is 0 Å². The van der Waals surface area contributed by atoms with Crippen molar-refractivity contribution in [2.45, 2.75) is 39.5 Å². The Morgan fingerprint density at radius 1 is 1.22 bits per heavy atom. The van der Waals surface area contributed by atoms with Gasteiger partial charge in [0.1, 0.15) is 0 Å². The topological polar surface area (TPSA) is 50.7 Å². The molecule has 0 saturated heterocycles. The number of hydrogen-bond donors (Lipinski definition) is 2. The Labute approximate surface area is 109 Å². The van der Waals surface area contributed by atoms with Gasteiger partial charge >= 0.3 is 0 Å². The molecule has 1 atom stereocenters. The smallest absolute Gasteiger partial charge is 0.161 e. The quantitative estimate of drug-likeness (QED) is 0.780. The molecule has 0 aromatic heterocycles. The summed E-state index contributed by atoms with van der Waals surface area (Å²) in [6.07, 6.45) is -0.214. The number of ether oxygens (including phenoxy) is 2. The van der Waals surface area contributed by atoms with Gasteiger partial charge in [-0.3, -0.25) is 0 Å². The first kappa shape index (κ1) is 14.8. The summed E-state index contributed by atoms with van der Waals surface area (Å²) in [5, 5.41) is 12.3. The summed E-state index contributed by atoms with van der Waals surface area (Å²) in [6, 6.07) is 5.86. The summed E-state index contributed by atoms with van der Waals surface area (Å²) in [6.45, 7) is 7.00. The molecular formula is C14H23NO3. The van der Waals surface area contributed by atoms with E-state index in [2.05, 4.69) is 5.32 Å². The first-order valence-electron chi connectivity index (χ1n) is 6.25. The van der Waals surface area contributed by atoms with Gasteiger partial charge in [-0.15, -0.1) is 0 Å². The molecule has 1 aromatic carbocycles. The number of nitrogens with one attached hydrogen (secondary N) is 1. The molecule has 1 aromatic rings. The lowest BCUT2D eigenvalue weighted by Crippen LogP contribution is -2.23. The molecule has 0 aliphatic rings. The van der Waals surface area contributed by atoms with Crippen LogP contribution in [0.15, 0.2) is 18.2 Å². The Balaban J connectivity index is 2.66. The molecule has 0 aliphatic heterocycles. The van der Waals surface area contributed by atoms with Gasteiger partial charge in [-0.25, -0.2) is 0 Å². The fourth-order valence-electron chi connectivity index (χ4n) is 1.60. The third kappa shape index (κ3) is 4.94. The predicted molar refractivity (Wildman–Crippen MR) is 72.1 cm³/mol. The molecule has 1 rings (SSSR count). The van der Waals surface area contributed by atoms with E-state index in [9.17, 15) is 0 Å². The number of rotatable bonds is 7. The minimum Gasteiger partial charge on any atom is -0.493 e. The number of benzene rings is 1. The molecule has 4 heteroatoms. The summed E-state index contributed by atoms with van der Waals surface area (Å²) in [5.74, 6) is 1.49. The van der Waals surface area contributed by atoms with Gasteiger partial charge in [0.25, 0.3) is 0 Å². The van der Waals surface area contributed by atoms with Crippen molar-refractivity contribution in [3.8, 4) is 11.5 Å². The fourth-order valence-corrected chi connectivity index (χ4v) is 1.60. The second-order valence-corrected chi connectivity index (χ2v) is 4.63. The highest BCUT2D eigenvalue weighted by Crippen LogP contribution is 2.28. The van der Waals surface area contributed by atoms with E-state index in [1.165, 1.54) is 0 Å². The lowest BCUT2D eigenvalue weighted by molar-refractivity contribution is 0.191. The second-order valence-electron chi connectivity index (χ2n) is 4.63. The van der Waals surface area contributed by atoms with Crippen molar-refractivity contribution in [2.24, 2.45) is 0 Å². The highest BCUT2D eigenvalue weighted by atomic mass is 16.5. The Bertz CT molecular complexity index is 364. The van der Waals surface area contributed by atoms with Crippen LogP contribution >= 0.6 is 0 Å². The zero-order valence-corrected chi connectivity index (χ0v) is 11.6. The summed E-state index contributed by atoms with van der Waals surface area (Å²) in [5.41, 5.74) is 1.10. The van der Waals surface area contributed by atoms with Crippen LogP contribution in [0.3, 0.4) is 0 Å². The second kappa shape index (κ2) is 7.24. The zero-order valence-electron chi connectivity index (χ0n) is 11.6. The van der Waals surface area contributed by atoms with E-state index >= 15 is 0 Å². The van der Waals surface area contributed by atoms with Gasteiger partial charge in [0.05, 0.1) is 19.3 Å². The SMILES string of the molecule is COc1cc(CNC[C@H](C)O)ccc1OC(C)C. The summed E-state index contributed by atoms with van der Waals surface area (Å²) in [4.78, 5) is 0. The normalized spacial score (nSPS) is 12.6. The minimum atomic E-state index is -0.338. The van der Waals surface area contributed by atoms with Crippen molar-refractivity contribution in [3.05, 3.63) is 23.8 Å². The summed E-state index contributed by atoms with van der Waals surface area (Å²) in [7, 11) is 1.63. The highest BCUT2D eigenvalue weighted by Gasteiger charge is 2.07. The van der Waals surface area contributed by atoms with Gasteiger partial charge in [-0.05, 0) is 38.5 Å². The molecule has 0 unspecified atom stereocenters. The van der Waals surface area contributed by atoms with Crippen LogP contribution in [-0.4, -0.2) is 31.0 Å². The van der Waals surface area contributed by atoms with Crippen molar-refractivity contribution in [1.82, 2.24) is 5.32 Å². The largest absolute Gasteiger partial charge is 0.493 e. The maximum atomic E-state index is 9.17. The average Bonchev–Trinajstić information content (AvgIpc) is 2.29. The molecule has 0 saturated carbocycles. The molecular weight excluding hydrogens is 230 g/mol. The molecule has 0 radical (unpaired) electrons. The first-order valence-corrected chi connectivity index (χ1v) is 6.25. The van der Waals surface area contributed by atoms with E-state index in [0.717, 1.165) is 17.1 Å². The fraction of sp³-hybridized carbons (Fsp3) is 0.571. The van der Waals surface area contributed by atoms with E-state index in [0.29, 0.717) is 13.1 Å². The van der Waals surface area contributed by atoms with Crippen molar-refractivity contribution < 1.29 is 14.6 Å². The molecule has 0 amide bonds. The van der Waals surface area contributed by atoms with Crippen LogP contribution in [0.2, 0.25) is 0 Å². The molecule has 18 heavy (non-hydrogen) atoms. The molecule has 0 heterocycles. The Morgan fingerprint density at radius 2 is 1.94 bits per heavy atom. The standard InChI is InChI=1S/C14H23NO3/c1-10(2)18-13-6-5-12(7-14(13)17-4)9-15-8-11(3)16/h5-7,10-11,15-16H,8-9H2,1-4H3/t11-/m0/s1. The maximum absolute atomic E-state index is 9.17. The van der Waals surface area contributed by atoms with Crippen LogP contribution in [0.5, 0.6) is 11.5 Å². The molecule has 0 bridgehead atoms. The molecule has 0 spiro atoms. The minimum absolute atomic E-state index is 0.123. The molecule has 0 fully saturated rings. The predicted octanol–water partition coefficient (Wildman–Crippen LogP) is 1.95. The van der Waals surface area contributed by atoms with E-state index in [1.807, 2.05) is 32.0 Å². The number of aliphatic hydroxyl groups is 1. The van der Waals surface area contributed by atoms with Crippen LogP contribution in [0.1, 0.15) is 26.3 Å². The zero-order chi connectivity index (χ0) is 13.5. The van der Waals surface area contributed by atoms with Gasteiger partial charge < -0.3 is 19.9 Å². The number of aliphatic hydroxyl groups excluding tert-OH is 1. The van der Waals surface area contributed by atoms with Gasteiger partial charge in [0.2, 0.25) is 0 Å². The molecule has 0 aliphatic carbocycles. The summed E-state index contributed by atoms with van der Waals surface area (Å²) >= 11 is 0. The van der Waals surface area contributed by atoms with Crippen molar-refractivity contribution in [1.29, 1.82) is 0 Å². The van der Waals surface area contributed by atoms with Gasteiger partial charge in [0.15, 0.2) is 11.5 Å². The molecule has 4 nitrogen and oxygen atoms in total. The highest BCUT2D eigenvalue weighted by molar-refractivity contribution is 5.43. The lowest BCUT2D eigenvalue weighted by Gasteiger charge is -2.15. The first-order chi connectivity index (χ1) is 8.52. The van der Waals surface area contributed by atoms with E-state index in [-0.39, 0.29) is 12.2 Å². The summed E-state index contributed by atoms with van der Waals surface area (Å²) < 4.78 is 11.0. The number of methoxy groups -OCH3 is 1. The van der Waals surface area contributed by atoms with E-state index in [1.54, 1.807) is 14.0 Å². The van der Waals surface area contributed by atoms with E-state index in [4.69, 9.17) is 14.6 Å². The molecule has 2 N–H and O–H groups in total. The van der Waals surface area contributed by atoms with Crippen LogP contribution in [0.4, 0.5) is 0 Å². The average molecular weight is 253 g/mol. The Morgan fingerprint density at radius 3 is 2.50 bits per heavy atom. The van der Waals surface area contributed by atoms with Crippen LogP contribution in [0, 0.1) is 0 Å². The third-order valence-electron chi connectivity index (χ3n) is 2.36. The van der Waals surface area contributed by atoms with E-state index < -0.39 is 0 Å². The third-order valence-corrected chi connectivity index (χ3v) is 2.36. The van der Waals surface area contributed by atoms with Crippen molar-refractivity contribution in [2.75, 3.05) is 13.7 Å².